The Kier molecular flexibility index (Phi) is 4.93. The molecule has 1 aliphatic heterocycles. The number of benzene rings is 1. The van der Waals surface area contributed by atoms with Gasteiger partial charge in [-0.15, -0.1) is 0 Å². The van der Waals surface area contributed by atoms with Crippen molar-refractivity contribution >= 4 is 5.97 Å². The molecule has 0 unspecified atom stereocenters. The molecule has 0 radical (unpaired) electrons. The summed E-state index contributed by atoms with van der Waals surface area (Å²) in [5, 5.41) is 8.83. The van der Waals surface area contributed by atoms with Crippen LogP contribution in [-0.2, 0) is 11.3 Å². The Bertz CT molecular complexity index is 434. The van der Waals surface area contributed by atoms with E-state index in [1.54, 1.807) is 0 Å². The molecule has 4 heteroatoms. The number of aliphatic carboxylic acids is 1. The van der Waals surface area contributed by atoms with E-state index in [4.69, 9.17) is 5.11 Å². The normalized spacial score (nSPS) is 18.2. The van der Waals surface area contributed by atoms with Crippen LogP contribution in [0.2, 0.25) is 0 Å². The van der Waals surface area contributed by atoms with E-state index in [1.165, 1.54) is 11.1 Å². The molecular formula is C15H22N2O2. The van der Waals surface area contributed by atoms with Crippen LogP contribution in [0.3, 0.4) is 0 Å². The third kappa shape index (κ3) is 4.65. The molecule has 0 atom stereocenters. The molecule has 0 aliphatic carbocycles. The molecule has 0 amide bonds. The van der Waals surface area contributed by atoms with Crippen molar-refractivity contribution in [1.29, 1.82) is 0 Å². The van der Waals surface area contributed by atoms with Crippen molar-refractivity contribution in [3.8, 4) is 0 Å². The third-order valence-corrected chi connectivity index (χ3v) is 3.53. The molecule has 1 N–H and O–H groups in total. The van der Waals surface area contributed by atoms with Gasteiger partial charge in [-0.2, -0.15) is 0 Å². The van der Waals surface area contributed by atoms with Gasteiger partial charge in [-0.1, -0.05) is 29.8 Å². The minimum atomic E-state index is -0.730. The SMILES string of the molecule is Cc1cccc(CN2CCCN(CC(=O)O)CC2)c1. The van der Waals surface area contributed by atoms with Crippen molar-refractivity contribution in [3.63, 3.8) is 0 Å². The van der Waals surface area contributed by atoms with Crippen molar-refractivity contribution < 1.29 is 9.90 Å². The number of aryl methyl sites for hydroxylation is 1. The summed E-state index contributed by atoms with van der Waals surface area (Å²) in [4.78, 5) is 15.2. The molecule has 104 valence electrons. The first-order chi connectivity index (χ1) is 9.13. The Morgan fingerprint density at radius 2 is 1.95 bits per heavy atom. The highest BCUT2D eigenvalue weighted by molar-refractivity contribution is 5.69. The Morgan fingerprint density at radius 3 is 2.68 bits per heavy atom. The van der Waals surface area contributed by atoms with Gasteiger partial charge in [0.15, 0.2) is 0 Å². The molecule has 1 aliphatic rings. The molecule has 0 aromatic heterocycles. The van der Waals surface area contributed by atoms with Crippen LogP contribution in [0.25, 0.3) is 0 Å². The second-order valence-corrected chi connectivity index (χ2v) is 5.29. The minimum absolute atomic E-state index is 0.165. The van der Waals surface area contributed by atoms with E-state index in [0.717, 1.165) is 39.1 Å². The highest BCUT2D eigenvalue weighted by atomic mass is 16.4. The summed E-state index contributed by atoms with van der Waals surface area (Å²) in [5.74, 6) is -0.730. The largest absolute Gasteiger partial charge is 0.480 e. The summed E-state index contributed by atoms with van der Waals surface area (Å²) < 4.78 is 0. The van der Waals surface area contributed by atoms with Gasteiger partial charge in [0.2, 0.25) is 0 Å². The average Bonchev–Trinajstić information content (AvgIpc) is 2.54. The molecule has 1 aromatic carbocycles. The zero-order valence-corrected chi connectivity index (χ0v) is 11.5. The molecule has 0 saturated carbocycles. The third-order valence-electron chi connectivity index (χ3n) is 3.53. The Morgan fingerprint density at radius 1 is 1.21 bits per heavy atom. The van der Waals surface area contributed by atoms with E-state index in [0.29, 0.717) is 0 Å². The van der Waals surface area contributed by atoms with Crippen LogP contribution in [0.1, 0.15) is 17.5 Å². The summed E-state index contributed by atoms with van der Waals surface area (Å²) in [6, 6.07) is 8.59. The summed E-state index contributed by atoms with van der Waals surface area (Å²) >= 11 is 0. The summed E-state index contributed by atoms with van der Waals surface area (Å²) in [5.41, 5.74) is 2.63. The fraction of sp³-hybridized carbons (Fsp3) is 0.533. The molecule has 0 bridgehead atoms. The quantitative estimate of drug-likeness (QED) is 0.895. The number of hydrogen-bond acceptors (Lipinski definition) is 3. The first-order valence-electron chi connectivity index (χ1n) is 6.85. The topological polar surface area (TPSA) is 43.8 Å². The Balaban J connectivity index is 1.87. The van der Waals surface area contributed by atoms with E-state index in [9.17, 15) is 4.79 Å². The van der Waals surface area contributed by atoms with Gasteiger partial charge in [0.1, 0.15) is 0 Å². The highest BCUT2D eigenvalue weighted by Crippen LogP contribution is 2.10. The number of carboxylic acids is 1. The predicted molar refractivity (Wildman–Crippen MR) is 75.1 cm³/mol. The van der Waals surface area contributed by atoms with Gasteiger partial charge in [0, 0.05) is 26.2 Å². The van der Waals surface area contributed by atoms with Crippen molar-refractivity contribution in [1.82, 2.24) is 9.80 Å². The molecule has 19 heavy (non-hydrogen) atoms. The van der Waals surface area contributed by atoms with E-state index in [1.807, 2.05) is 4.90 Å². The summed E-state index contributed by atoms with van der Waals surface area (Å²) in [6.45, 7) is 6.96. The Labute approximate surface area is 114 Å². The van der Waals surface area contributed by atoms with Crippen molar-refractivity contribution in [2.75, 3.05) is 32.7 Å². The minimum Gasteiger partial charge on any atom is -0.480 e. The zero-order chi connectivity index (χ0) is 13.7. The molecule has 4 nitrogen and oxygen atoms in total. The monoisotopic (exact) mass is 262 g/mol. The van der Waals surface area contributed by atoms with Crippen LogP contribution < -0.4 is 0 Å². The number of carbonyl (C=O) groups is 1. The van der Waals surface area contributed by atoms with Gasteiger partial charge in [-0.25, -0.2) is 0 Å². The molecule has 1 heterocycles. The summed E-state index contributed by atoms with van der Waals surface area (Å²) in [6.07, 6.45) is 1.04. The molecule has 2 rings (SSSR count). The molecular weight excluding hydrogens is 240 g/mol. The first-order valence-corrected chi connectivity index (χ1v) is 6.85. The number of hydrogen-bond donors (Lipinski definition) is 1. The second kappa shape index (κ2) is 6.68. The number of carboxylic acid groups (broad SMARTS) is 1. The van der Waals surface area contributed by atoms with Crippen LogP contribution in [0.5, 0.6) is 0 Å². The number of rotatable bonds is 4. The van der Waals surface area contributed by atoms with Crippen LogP contribution in [0.15, 0.2) is 24.3 Å². The maximum absolute atomic E-state index is 10.7. The zero-order valence-electron chi connectivity index (χ0n) is 11.5. The Hall–Kier alpha value is -1.39. The van der Waals surface area contributed by atoms with Crippen LogP contribution in [0, 0.1) is 6.92 Å². The van der Waals surface area contributed by atoms with Crippen LogP contribution >= 0.6 is 0 Å². The van der Waals surface area contributed by atoms with Crippen molar-refractivity contribution in [2.24, 2.45) is 0 Å². The van der Waals surface area contributed by atoms with Crippen LogP contribution in [-0.4, -0.2) is 53.6 Å². The standard InChI is InChI=1S/C15H22N2O2/c1-13-4-2-5-14(10-13)11-16-6-3-7-17(9-8-16)12-15(18)19/h2,4-5,10H,3,6-9,11-12H2,1H3,(H,18,19). The van der Waals surface area contributed by atoms with E-state index < -0.39 is 5.97 Å². The fourth-order valence-corrected chi connectivity index (χ4v) is 2.60. The van der Waals surface area contributed by atoms with Crippen molar-refractivity contribution in [3.05, 3.63) is 35.4 Å². The van der Waals surface area contributed by atoms with Gasteiger partial charge in [-0.05, 0) is 25.5 Å². The summed E-state index contributed by atoms with van der Waals surface area (Å²) in [7, 11) is 0. The van der Waals surface area contributed by atoms with Gasteiger partial charge in [0.05, 0.1) is 6.54 Å². The molecule has 1 saturated heterocycles. The number of nitrogens with zero attached hydrogens (tertiary/aromatic N) is 2. The second-order valence-electron chi connectivity index (χ2n) is 5.29. The lowest BCUT2D eigenvalue weighted by atomic mass is 10.1. The van der Waals surface area contributed by atoms with Gasteiger partial charge < -0.3 is 5.11 Å². The predicted octanol–water partition coefficient (Wildman–Crippen LogP) is 1.59. The lowest BCUT2D eigenvalue weighted by molar-refractivity contribution is -0.138. The lowest BCUT2D eigenvalue weighted by Crippen LogP contribution is -2.34. The smallest absolute Gasteiger partial charge is 0.317 e. The lowest BCUT2D eigenvalue weighted by Gasteiger charge is -2.21. The highest BCUT2D eigenvalue weighted by Gasteiger charge is 2.16. The van der Waals surface area contributed by atoms with Gasteiger partial charge in [-0.3, -0.25) is 14.6 Å². The van der Waals surface area contributed by atoms with Crippen molar-refractivity contribution in [2.45, 2.75) is 19.9 Å². The molecule has 1 fully saturated rings. The van der Waals surface area contributed by atoms with E-state index >= 15 is 0 Å². The average molecular weight is 262 g/mol. The van der Waals surface area contributed by atoms with Gasteiger partial charge in [0.25, 0.3) is 0 Å². The van der Waals surface area contributed by atoms with Crippen LogP contribution in [0.4, 0.5) is 0 Å². The fourth-order valence-electron chi connectivity index (χ4n) is 2.60. The maximum Gasteiger partial charge on any atom is 0.317 e. The molecule has 0 spiro atoms. The molecule has 1 aromatic rings. The van der Waals surface area contributed by atoms with Gasteiger partial charge >= 0.3 is 5.97 Å². The first kappa shape index (κ1) is 14.0. The maximum atomic E-state index is 10.7. The van der Waals surface area contributed by atoms with E-state index in [2.05, 4.69) is 36.1 Å². The van der Waals surface area contributed by atoms with E-state index in [-0.39, 0.29) is 6.54 Å².